The van der Waals surface area contributed by atoms with Gasteiger partial charge in [0.2, 0.25) is 0 Å². The van der Waals surface area contributed by atoms with Crippen LogP contribution in [-0.4, -0.2) is 22.0 Å². The number of amides is 1. The van der Waals surface area contributed by atoms with Gasteiger partial charge in [0.15, 0.2) is 0 Å². The van der Waals surface area contributed by atoms with Crippen LogP contribution in [0.2, 0.25) is 0 Å². The molecule has 0 radical (unpaired) electrons. The largest absolute Gasteiger partial charge is 0.474 e. The van der Waals surface area contributed by atoms with E-state index in [1.54, 1.807) is 19.1 Å². The van der Waals surface area contributed by atoms with Gasteiger partial charge in [-0.2, -0.15) is 0 Å². The molecule has 0 atom stereocenters. The maximum absolute atomic E-state index is 10.8. The molecular formula is C9H10N2O3. The van der Waals surface area contributed by atoms with Crippen LogP contribution in [0, 0.1) is 13.8 Å². The standard InChI is InChI=1S/C9H10N2O3/c1-5-3-4-7(6(2)10-5)11-8(12)9(13)14/h3-4H,1-2H3,(H,11,12)(H,13,14). The number of carbonyl (C=O) groups excluding carboxylic acids is 1. The number of hydrogen-bond acceptors (Lipinski definition) is 3. The zero-order valence-corrected chi connectivity index (χ0v) is 7.87. The number of nitrogens with one attached hydrogen (secondary N) is 1. The quantitative estimate of drug-likeness (QED) is 0.645. The lowest BCUT2D eigenvalue weighted by Gasteiger charge is -2.05. The summed E-state index contributed by atoms with van der Waals surface area (Å²) >= 11 is 0. The van der Waals surface area contributed by atoms with E-state index in [0.717, 1.165) is 5.69 Å². The van der Waals surface area contributed by atoms with E-state index in [-0.39, 0.29) is 0 Å². The fourth-order valence-electron chi connectivity index (χ4n) is 0.994. The number of pyridine rings is 1. The molecule has 74 valence electrons. The van der Waals surface area contributed by atoms with Crippen molar-refractivity contribution in [1.29, 1.82) is 0 Å². The van der Waals surface area contributed by atoms with Crippen LogP contribution >= 0.6 is 0 Å². The molecule has 5 nitrogen and oxygen atoms in total. The Hall–Kier alpha value is -1.91. The summed E-state index contributed by atoms with van der Waals surface area (Å²) in [5.74, 6) is -2.57. The molecule has 0 aliphatic rings. The van der Waals surface area contributed by atoms with Crippen molar-refractivity contribution in [2.45, 2.75) is 13.8 Å². The SMILES string of the molecule is Cc1ccc(NC(=O)C(=O)O)c(C)n1. The highest BCUT2D eigenvalue weighted by atomic mass is 16.4. The summed E-state index contributed by atoms with van der Waals surface area (Å²) < 4.78 is 0. The zero-order valence-electron chi connectivity index (χ0n) is 7.87. The molecule has 0 aromatic carbocycles. The molecule has 0 bridgehead atoms. The highest BCUT2D eigenvalue weighted by molar-refractivity contribution is 6.36. The van der Waals surface area contributed by atoms with Crippen LogP contribution in [0.5, 0.6) is 0 Å². The van der Waals surface area contributed by atoms with E-state index >= 15 is 0 Å². The van der Waals surface area contributed by atoms with Crippen LogP contribution in [-0.2, 0) is 9.59 Å². The minimum absolute atomic E-state index is 0.419. The van der Waals surface area contributed by atoms with Gasteiger partial charge in [0.25, 0.3) is 0 Å². The van der Waals surface area contributed by atoms with E-state index < -0.39 is 11.9 Å². The second kappa shape index (κ2) is 3.87. The number of aryl methyl sites for hydroxylation is 2. The molecule has 0 saturated heterocycles. The van der Waals surface area contributed by atoms with E-state index in [0.29, 0.717) is 11.4 Å². The second-order valence-electron chi connectivity index (χ2n) is 2.84. The Bertz CT molecular complexity index is 388. The molecule has 1 aromatic rings. The summed E-state index contributed by atoms with van der Waals surface area (Å²) in [4.78, 5) is 25.1. The third-order valence-corrected chi connectivity index (χ3v) is 1.67. The van der Waals surface area contributed by atoms with Crippen LogP contribution in [0.1, 0.15) is 11.4 Å². The predicted molar refractivity (Wildman–Crippen MR) is 50.0 cm³/mol. The van der Waals surface area contributed by atoms with Crippen molar-refractivity contribution < 1.29 is 14.7 Å². The molecule has 2 N–H and O–H groups in total. The monoisotopic (exact) mass is 194 g/mol. The number of aliphatic carboxylic acids is 1. The molecule has 0 spiro atoms. The van der Waals surface area contributed by atoms with Gasteiger partial charge in [-0.1, -0.05) is 0 Å². The highest BCUT2D eigenvalue weighted by Gasteiger charge is 2.12. The first kappa shape index (κ1) is 10.2. The molecule has 1 amide bonds. The van der Waals surface area contributed by atoms with Gasteiger partial charge in [-0.05, 0) is 26.0 Å². The fourth-order valence-corrected chi connectivity index (χ4v) is 0.994. The van der Waals surface area contributed by atoms with Gasteiger partial charge >= 0.3 is 11.9 Å². The number of carboxylic acid groups (broad SMARTS) is 1. The summed E-state index contributed by atoms with van der Waals surface area (Å²) in [6.45, 7) is 3.51. The minimum atomic E-state index is -1.51. The average molecular weight is 194 g/mol. The maximum atomic E-state index is 10.8. The Kier molecular flexibility index (Phi) is 2.81. The number of hydrogen-bond donors (Lipinski definition) is 2. The lowest BCUT2D eigenvalue weighted by Crippen LogP contribution is -2.22. The van der Waals surface area contributed by atoms with Gasteiger partial charge in [-0.3, -0.25) is 9.78 Å². The van der Waals surface area contributed by atoms with Gasteiger partial charge in [-0.25, -0.2) is 4.79 Å². The Balaban J connectivity index is 2.87. The van der Waals surface area contributed by atoms with Crippen molar-refractivity contribution in [1.82, 2.24) is 4.98 Å². The second-order valence-corrected chi connectivity index (χ2v) is 2.84. The van der Waals surface area contributed by atoms with Gasteiger partial charge in [0.05, 0.1) is 11.4 Å². The number of rotatable bonds is 1. The highest BCUT2D eigenvalue weighted by Crippen LogP contribution is 2.11. The first-order chi connectivity index (χ1) is 6.50. The molecule has 0 fully saturated rings. The molecule has 1 rings (SSSR count). The van der Waals surface area contributed by atoms with Gasteiger partial charge in [-0.15, -0.1) is 0 Å². The van der Waals surface area contributed by atoms with Crippen molar-refractivity contribution in [2.75, 3.05) is 5.32 Å². The van der Waals surface area contributed by atoms with Crippen molar-refractivity contribution in [2.24, 2.45) is 0 Å². The Morgan fingerprint density at radius 2 is 2.00 bits per heavy atom. The molecule has 0 saturated carbocycles. The summed E-state index contributed by atoms with van der Waals surface area (Å²) in [6, 6.07) is 3.32. The predicted octanol–water partition coefficient (Wildman–Crippen LogP) is 0.722. The van der Waals surface area contributed by atoms with Crippen LogP contribution in [0.15, 0.2) is 12.1 Å². The van der Waals surface area contributed by atoms with E-state index in [1.807, 2.05) is 6.92 Å². The van der Waals surface area contributed by atoms with E-state index in [2.05, 4.69) is 10.3 Å². The summed E-state index contributed by atoms with van der Waals surface area (Å²) in [5.41, 5.74) is 1.83. The molecule has 1 aromatic heterocycles. The lowest BCUT2D eigenvalue weighted by atomic mass is 10.2. The Labute approximate surface area is 80.8 Å². The van der Waals surface area contributed by atoms with E-state index in [1.165, 1.54) is 0 Å². The van der Waals surface area contributed by atoms with Crippen molar-refractivity contribution in [3.05, 3.63) is 23.5 Å². The first-order valence-electron chi connectivity index (χ1n) is 3.99. The summed E-state index contributed by atoms with van der Waals surface area (Å²) in [6.07, 6.45) is 0. The smallest absolute Gasteiger partial charge is 0.394 e. The van der Waals surface area contributed by atoms with E-state index in [4.69, 9.17) is 5.11 Å². The molecule has 0 unspecified atom stereocenters. The topological polar surface area (TPSA) is 79.3 Å². The summed E-state index contributed by atoms with van der Waals surface area (Å²) in [7, 11) is 0. The maximum Gasteiger partial charge on any atom is 0.394 e. The van der Waals surface area contributed by atoms with Crippen molar-refractivity contribution >= 4 is 17.6 Å². The van der Waals surface area contributed by atoms with Gasteiger partial charge in [0.1, 0.15) is 0 Å². The lowest BCUT2D eigenvalue weighted by molar-refractivity contribution is -0.147. The molecular weight excluding hydrogens is 184 g/mol. The van der Waals surface area contributed by atoms with Crippen LogP contribution in [0.3, 0.4) is 0 Å². The van der Waals surface area contributed by atoms with Gasteiger partial charge in [0, 0.05) is 5.69 Å². The third-order valence-electron chi connectivity index (χ3n) is 1.67. The fraction of sp³-hybridized carbons (Fsp3) is 0.222. The van der Waals surface area contributed by atoms with Gasteiger partial charge < -0.3 is 10.4 Å². The molecule has 0 aliphatic heterocycles. The van der Waals surface area contributed by atoms with Crippen molar-refractivity contribution in [3.8, 4) is 0 Å². The number of carboxylic acids is 1. The number of anilines is 1. The average Bonchev–Trinajstić information content (AvgIpc) is 2.09. The van der Waals surface area contributed by atoms with Crippen LogP contribution in [0.25, 0.3) is 0 Å². The Morgan fingerprint density at radius 3 is 2.50 bits per heavy atom. The molecule has 5 heteroatoms. The van der Waals surface area contributed by atoms with Crippen LogP contribution < -0.4 is 5.32 Å². The van der Waals surface area contributed by atoms with Crippen molar-refractivity contribution in [3.63, 3.8) is 0 Å². The summed E-state index contributed by atoms with van der Waals surface area (Å²) in [5, 5.41) is 10.6. The minimum Gasteiger partial charge on any atom is -0.474 e. The number of nitrogens with zero attached hydrogens (tertiary/aromatic N) is 1. The molecule has 14 heavy (non-hydrogen) atoms. The van der Waals surface area contributed by atoms with E-state index in [9.17, 15) is 9.59 Å². The molecule has 1 heterocycles. The molecule has 0 aliphatic carbocycles. The number of aromatic nitrogens is 1. The first-order valence-corrected chi connectivity index (χ1v) is 3.99. The number of carbonyl (C=O) groups is 2. The zero-order chi connectivity index (χ0) is 10.7. The van der Waals surface area contributed by atoms with Crippen LogP contribution in [0.4, 0.5) is 5.69 Å². The third kappa shape index (κ3) is 2.29. The Morgan fingerprint density at radius 1 is 1.36 bits per heavy atom. The normalized spacial score (nSPS) is 9.57.